The van der Waals surface area contributed by atoms with Crippen molar-refractivity contribution in [1.82, 2.24) is 10.2 Å². The molecule has 3 fully saturated rings. The number of carbonyl (C=O) groups is 1. The van der Waals surface area contributed by atoms with Crippen molar-refractivity contribution in [3.8, 4) is 0 Å². The zero-order valence-corrected chi connectivity index (χ0v) is 12.0. The lowest BCUT2D eigenvalue weighted by molar-refractivity contribution is -0.357. The zero-order valence-electron chi connectivity index (χ0n) is 12.0. The Balaban J connectivity index is 1.71. The summed E-state index contributed by atoms with van der Waals surface area (Å²) in [5.74, 6) is -2.19. The maximum atomic E-state index is 12.4. The molecule has 22 heavy (non-hydrogen) atoms. The fraction of sp³-hybridized carbons (Fsp3) is 0.923. The van der Waals surface area contributed by atoms with E-state index in [1.165, 1.54) is 0 Å². The molecule has 1 N–H and O–H groups in total. The summed E-state index contributed by atoms with van der Waals surface area (Å²) in [6, 6.07) is -0.343. The Kier molecular flexibility index (Phi) is 4.32. The second kappa shape index (κ2) is 5.95. The molecular weight excluding hydrogens is 305 g/mol. The molecule has 0 aliphatic carbocycles. The highest BCUT2D eigenvalue weighted by Crippen LogP contribution is 2.44. The van der Waals surface area contributed by atoms with E-state index in [-0.39, 0.29) is 6.04 Å². The standard InChI is InChI=1S/C13H19F3N2O4/c14-13(15,16)11(19)21-10-9(18-5-7-20-8-6-18)12(22-10)1-3-17-4-2-12/h9-10,17H,1-8H2. The number of nitrogens with zero attached hydrogens (tertiary/aromatic N) is 1. The summed E-state index contributed by atoms with van der Waals surface area (Å²) in [5, 5.41) is 3.20. The van der Waals surface area contributed by atoms with Gasteiger partial charge in [-0.25, -0.2) is 4.79 Å². The second-order valence-electron chi connectivity index (χ2n) is 5.80. The molecule has 0 radical (unpaired) electrons. The summed E-state index contributed by atoms with van der Waals surface area (Å²) in [7, 11) is 0. The van der Waals surface area contributed by atoms with Crippen molar-refractivity contribution in [2.75, 3.05) is 39.4 Å². The van der Waals surface area contributed by atoms with Crippen molar-refractivity contribution >= 4 is 5.97 Å². The van der Waals surface area contributed by atoms with Crippen LogP contribution in [0.4, 0.5) is 13.2 Å². The number of piperidine rings is 1. The lowest BCUT2D eigenvalue weighted by atomic mass is 9.78. The third-order valence-corrected chi connectivity index (χ3v) is 4.49. The molecule has 0 amide bonds. The van der Waals surface area contributed by atoms with Gasteiger partial charge in [-0.05, 0) is 25.9 Å². The molecule has 9 heteroatoms. The SMILES string of the molecule is O=C(OC1OC2(CCNCC2)C1N1CCOCC1)C(F)(F)F. The number of morpholine rings is 1. The van der Waals surface area contributed by atoms with Crippen LogP contribution < -0.4 is 5.32 Å². The van der Waals surface area contributed by atoms with Crippen LogP contribution in [0.2, 0.25) is 0 Å². The number of halogens is 3. The maximum Gasteiger partial charge on any atom is 0.491 e. The normalized spacial score (nSPS) is 32.5. The van der Waals surface area contributed by atoms with Crippen LogP contribution in [0.25, 0.3) is 0 Å². The van der Waals surface area contributed by atoms with Crippen LogP contribution in [0.1, 0.15) is 12.8 Å². The Morgan fingerprint density at radius 2 is 1.86 bits per heavy atom. The summed E-state index contributed by atoms with van der Waals surface area (Å²) in [5.41, 5.74) is -0.529. The smallest absolute Gasteiger partial charge is 0.427 e. The molecule has 126 valence electrons. The highest BCUT2D eigenvalue weighted by atomic mass is 19.4. The molecule has 3 heterocycles. The molecule has 2 unspecified atom stereocenters. The molecule has 3 aliphatic rings. The summed E-state index contributed by atoms with van der Waals surface area (Å²) in [6.45, 7) is 3.71. The average Bonchev–Trinajstić information content (AvgIpc) is 2.47. The van der Waals surface area contributed by atoms with Crippen molar-refractivity contribution in [2.24, 2.45) is 0 Å². The number of nitrogens with one attached hydrogen (secondary N) is 1. The quantitative estimate of drug-likeness (QED) is 0.736. The van der Waals surface area contributed by atoms with Crippen molar-refractivity contribution in [1.29, 1.82) is 0 Å². The fourth-order valence-corrected chi connectivity index (χ4v) is 3.43. The van der Waals surface area contributed by atoms with Crippen LogP contribution >= 0.6 is 0 Å². The monoisotopic (exact) mass is 324 g/mol. The highest BCUT2D eigenvalue weighted by Gasteiger charge is 2.61. The number of esters is 1. The minimum Gasteiger partial charge on any atom is -0.427 e. The van der Waals surface area contributed by atoms with Crippen LogP contribution in [0, 0.1) is 0 Å². The van der Waals surface area contributed by atoms with Gasteiger partial charge >= 0.3 is 12.1 Å². The molecule has 3 rings (SSSR count). The third kappa shape index (κ3) is 2.94. The van der Waals surface area contributed by atoms with E-state index in [0.717, 1.165) is 13.1 Å². The summed E-state index contributed by atoms with van der Waals surface area (Å²) < 4.78 is 52.7. The molecule has 3 saturated heterocycles. The molecule has 0 aromatic rings. The van der Waals surface area contributed by atoms with E-state index in [1.54, 1.807) is 0 Å². The van der Waals surface area contributed by atoms with Crippen LogP contribution in [0.15, 0.2) is 0 Å². The van der Waals surface area contributed by atoms with Gasteiger partial charge in [0.2, 0.25) is 6.29 Å². The van der Waals surface area contributed by atoms with E-state index in [9.17, 15) is 18.0 Å². The number of rotatable bonds is 2. The minimum atomic E-state index is -5.00. The lowest BCUT2D eigenvalue weighted by Gasteiger charge is -2.59. The van der Waals surface area contributed by atoms with Gasteiger partial charge < -0.3 is 19.5 Å². The summed E-state index contributed by atoms with van der Waals surface area (Å²) >= 11 is 0. The predicted octanol–water partition coefficient (Wildman–Crippen LogP) is 0.271. The van der Waals surface area contributed by atoms with E-state index in [4.69, 9.17) is 9.47 Å². The minimum absolute atomic E-state index is 0.343. The van der Waals surface area contributed by atoms with E-state index < -0.39 is 24.0 Å². The zero-order chi connectivity index (χ0) is 15.8. The summed E-state index contributed by atoms with van der Waals surface area (Å²) in [6.07, 6.45) is -4.79. The van der Waals surface area contributed by atoms with Crippen LogP contribution in [0.3, 0.4) is 0 Å². The van der Waals surface area contributed by atoms with Gasteiger partial charge in [0.15, 0.2) is 0 Å². The number of carbonyl (C=O) groups excluding carboxylic acids is 1. The van der Waals surface area contributed by atoms with Gasteiger partial charge in [-0.3, -0.25) is 4.90 Å². The molecule has 1 spiro atoms. The third-order valence-electron chi connectivity index (χ3n) is 4.49. The molecule has 2 atom stereocenters. The van der Waals surface area contributed by atoms with E-state index in [0.29, 0.717) is 39.1 Å². The number of alkyl halides is 3. The molecule has 0 aromatic heterocycles. The average molecular weight is 324 g/mol. The van der Waals surface area contributed by atoms with Crippen molar-refractivity contribution in [2.45, 2.75) is 37.0 Å². The van der Waals surface area contributed by atoms with Crippen molar-refractivity contribution in [3.05, 3.63) is 0 Å². The molecule has 3 aliphatic heterocycles. The Morgan fingerprint density at radius 3 is 2.45 bits per heavy atom. The Labute approximate surface area is 125 Å². The van der Waals surface area contributed by atoms with Gasteiger partial charge in [0.25, 0.3) is 0 Å². The van der Waals surface area contributed by atoms with Crippen LogP contribution in [0.5, 0.6) is 0 Å². The lowest BCUT2D eigenvalue weighted by Crippen LogP contribution is -2.75. The number of ether oxygens (including phenoxy) is 3. The first kappa shape index (κ1) is 16.0. The van der Waals surface area contributed by atoms with Gasteiger partial charge in [-0.2, -0.15) is 13.2 Å². The molecule has 0 aromatic carbocycles. The topological polar surface area (TPSA) is 60.0 Å². The van der Waals surface area contributed by atoms with Gasteiger partial charge in [-0.1, -0.05) is 0 Å². The van der Waals surface area contributed by atoms with Gasteiger partial charge in [0.05, 0.1) is 18.8 Å². The Morgan fingerprint density at radius 1 is 1.23 bits per heavy atom. The molecule has 6 nitrogen and oxygen atoms in total. The second-order valence-corrected chi connectivity index (χ2v) is 5.80. The van der Waals surface area contributed by atoms with Gasteiger partial charge in [0.1, 0.15) is 6.04 Å². The first-order chi connectivity index (χ1) is 10.4. The maximum absolute atomic E-state index is 12.4. The number of hydrogen-bond acceptors (Lipinski definition) is 6. The van der Waals surface area contributed by atoms with E-state index >= 15 is 0 Å². The molecule has 0 saturated carbocycles. The van der Waals surface area contributed by atoms with Crippen molar-refractivity contribution in [3.63, 3.8) is 0 Å². The Hall–Kier alpha value is -0.900. The van der Waals surface area contributed by atoms with E-state index in [1.807, 2.05) is 4.90 Å². The predicted molar refractivity (Wildman–Crippen MR) is 68.0 cm³/mol. The van der Waals surface area contributed by atoms with Crippen LogP contribution in [-0.2, 0) is 19.0 Å². The first-order valence-electron chi connectivity index (χ1n) is 7.40. The van der Waals surface area contributed by atoms with E-state index in [2.05, 4.69) is 10.1 Å². The molecule has 0 bridgehead atoms. The highest BCUT2D eigenvalue weighted by molar-refractivity contribution is 5.75. The Bertz CT molecular complexity index is 420. The first-order valence-corrected chi connectivity index (χ1v) is 7.40. The van der Waals surface area contributed by atoms with Crippen molar-refractivity contribution < 1.29 is 32.2 Å². The van der Waals surface area contributed by atoms with Gasteiger partial charge in [-0.15, -0.1) is 0 Å². The number of hydrogen-bond donors (Lipinski definition) is 1. The molecular formula is C13H19F3N2O4. The van der Waals surface area contributed by atoms with Crippen LogP contribution in [-0.4, -0.2) is 74.4 Å². The van der Waals surface area contributed by atoms with Gasteiger partial charge in [0, 0.05) is 13.1 Å². The fourth-order valence-electron chi connectivity index (χ4n) is 3.43. The summed E-state index contributed by atoms with van der Waals surface area (Å²) in [4.78, 5) is 13.1. The largest absolute Gasteiger partial charge is 0.491 e.